The summed E-state index contributed by atoms with van der Waals surface area (Å²) >= 11 is 0. The van der Waals surface area contributed by atoms with Crippen molar-refractivity contribution >= 4 is 5.69 Å². The molecule has 0 aromatic heterocycles. The second-order valence-corrected chi connectivity index (χ2v) is 5.96. The number of para-hydroxylation sites is 2. The summed E-state index contributed by atoms with van der Waals surface area (Å²) in [4.78, 5) is 0. The minimum absolute atomic E-state index is 0.662. The normalized spacial score (nSPS) is 10.6. The Balaban J connectivity index is 1.93. The quantitative estimate of drug-likeness (QED) is 0.697. The molecule has 0 fully saturated rings. The van der Waals surface area contributed by atoms with Crippen LogP contribution in [0.3, 0.4) is 0 Å². The second kappa shape index (κ2) is 9.09. The van der Waals surface area contributed by atoms with E-state index in [0.29, 0.717) is 12.5 Å². The molecule has 0 saturated carbocycles. The Morgan fingerprint density at radius 2 is 1.83 bits per heavy atom. The van der Waals surface area contributed by atoms with Gasteiger partial charge in [0.25, 0.3) is 0 Å². The summed E-state index contributed by atoms with van der Waals surface area (Å²) in [5.41, 5.74) is 2.21. The molecule has 0 spiro atoms. The fraction of sp³-hybridized carbons (Fsp3) is 0.400. The van der Waals surface area contributed by atoms with Gasteiger partial charge in [-0.1, -0.05) is 38.1 Å². The van der Waals surface area contributed by atoms with Crippen molar-refractivity contribution in [3.05, 3.63) is 54.1 Å². The molecule has 1 N–H and O–H groups in total. The fourth-order valence-corrected chi connectivity index (χ4v) is 2.25. The van der Waals surface area contributed by atoms with E-state index in [-0.39, 0.29) is 0 Å². The Hall–Kier alpha value is -2.16. The van der Waals surface area contributed by atoms with E-state index >= 15 is 0 Å². The van der Waals surface area contributed by atoms with Crippen molar-refractivity contribution in [2.24, 2.45) is 5.92 Å². The molecule has 2 aromatic carbocycles. The summed E-state index contributed by atoms with van der Waals surface area (Å²) in [6, 6.07) is 16.3. The number of rotatable bonds is 9. The van der Waals surface area contributed by atoms with E-state index in [1.165, 1.54) is 5.56 Å². The highest BCUT2D eigenvalue weighted by Crippen LogP contribution is 2.24. The predicted octanol–water partition coefficient (Wildman–Crippen LogP) is 5.12. The van der Waals surface area contributed by atoms with Gasteiger partial charge >= 0.3 is 0 Å². The van der Waals surface area contributed by atoms with E-state index in [4.69, 9.17) is 9.47 Å². The summed E-state index contributed by atoms with van der Waals surface area (Å²) in [5, 5.41) is 3.44. The maximum Gasteiger partial charge on any atom is 0.142 e. The second-order valence-electron chi connectivity index (χ2n) is 5.96. The van der Waals surface area contributed by atoms with Crippen LogP contribution in [0, 0.1) is 5.92 Å². The van der Waals surface area contributed by atoms with Crippen LogP contribution in [0.15, 0.2) is 48.5 Å². The molecular formula is C20H27NO2. The van der Waals surface area contributed by atoms with E-state index in [9.17, 15) is 0 Å². The van der Waals surface area contributed by atoms with E-state index in [1.807, 2.05) is 43.3 Å². The van der Waals surface area contributed by atoms with Crippen LogP contribution in [-0.2, 0) is 6.54 Å². The van der Waals surface area contributed by atoms with E-state index in [2.05, 4.69) is 31.3 Å². The van der Waals surface area contributed by atoms with E-state index < -0.39 is 0 Å². The topological polar surface area (TPSA) is 30.5 Å². The van der Waals surface area contributed by atoms with Gasteiger partial charge in [-0.05, 0) is 49.1 Å². The average molecular weight is 313 g/mol. The third kappa shape index (κ3) is 5.85. The SMILES string of the molecule is CCOc1ccccc1NCc1cccc(OCCC(C)C)c1. The van der Waals surface area contributed by atoms with E-state index in [1.54, 1.807) is 0 Å². The molecule has 23 heavy (non-hydrogen) atoms. The Morgan fingerprint density at radius 3 is 2.61 bits per heavy atom. The van der Waals surface area contributed by atoms with Crippen LogP contribution in [0.1, 0.15) is 32.8 Å². The molecule has 0 heterocycles. The molecule has 124 valence electrons. The molecule has 0 radical (unpaired) electrons. The van der Waals surface area contributed by atoms with Crippen molar-refractivity contribution in [3.8, 4) is 11.5 Å². The lowest BCUT2D eigenvalue weighted by Crippen LogP contribution is -2.04. The molecule has 3 heteroatoms. The van der Waals surface area contributed by atoms with Gasteiger partial charge in [0.05, 0.1) is 18.9 Å². The van der Waals surface area contributed by atoms with Gasteiger partial charge in [0, 0.05) is 6.54 Å². The summed E-state index contributed by atoms with van der Waals surface area (Å²) < 4.78 is 11.5. The van der Waals surface area contributed by atoms with Gasteiger partial charge < -0.3 is 14.8 Å². The Morgan fingerprint density at radius 1 is 1.00 bits per heavy atom. The lowest BCUT2D eigenvalue weighted by molar-refractivity contribution is 0.289. The van der Waals surface area contributed by atoms with E-state index in [0.717, 1.165) is 36.8 Å². The summed E-state index contributed by atoms with van der Waals surface area (Å²) in [5.74, 6) is 2.48. The summed E-state index contributed by atoms with van der Waals surface area (Å²) in [6.07, 6.45) is 1.07. The smallest absolute Gasteiger partial charge is 0.142 e. The van der Waals surface area contributed by atoms with Crippen molar-refractivity contribution in [2.75, 3.05) is 18.5 Å². The zero-order chi connectivity index (χ0) is 16.5. The standard InChI is InChI=1S/C20H27NO2/c1-4-22-20-11-6-5-10-19(20)21-15-17-8-7-9-18(14-17)23-13-12-16(2)3/h5-11,14,16,21H,4,12-13,15H2,1-3H3. The van der Waals surface area contributed by atoms with Crippen LogP contribution in [0.5, 0.6) is 11.5 Å². The summed E-state index contributed by atoms with van der Waals surface area (Å²) in [6.45, 7) is 8.58. The Bertz CT molecular complexity index is 596. The number of nitrogens with one attached hydrogen (secondary N) is 1. The third-order valence-corrected chi connectivity index (χ3v) is 3.53. The predicted molar refractivity (Wildman–Crippen MR) is 96.3 cm³/mol. The van der Waals surface area contributed by atoms with Crippen LogP contribution in [-0.4, -0.2) is 13.2 Å². The van der Waals surface area contributed by atoms with Gasteiger partial charge in [0.15, 0.2) is 0 Å². The lowest BCUT2D eigenvalue weighted by Gasteiger charge is -2.13. The molecular weight excluding hydrogens is 286 g/mol. The number of hydrogen-bond acceptors (Lipinski definition) is 3. The zero-order valence-corrected chi connectivity index (χ0v) is 14.3. The highest BCUT2D eigenvalue weighted by molar-refractivity contribution is 5.56. The molecule has 2 rings (SSSR count). The molecule has 0 saturated heterocycles. The fourth-order valence-electron chi connectivity index (χ4n) is 2.25. The van der Waals surface area contributed by atoms with Crippen molar-refractivity contribution in [1.29, 1.82) is 0 Å². The highest BCUT2D eigenvalue weighted by Gasteiger charge is 2.03. The van der Waals surface area contributed by atoms with Gasteiger partial charge in [0.1, 0.15) is 11.5 Å². The molecule has 0 aliphatic heterocycles. The number of hydrogen-bond donors (Lipinski definition) is 1. The number of ether oxygens (including phenoxy) is 2. The van der Waals surface area contributed by atoms with Crippen molar-refractivity contribution in [3.63, 3.8) is 0 Å². The molecule has 0 bridgehead atoms. The summed E-state index contributed by atoms with van der Waals surface area (Å²) in [7, 11) is 0. The van der Waals surface area contributed by atoms with Crippen LogP contribution >= 0.6 is 0 Å². The zero-order valence-electron chi connectivity index (χ0n) is 14.3. The third-order valence-electron chi connectivity index (χ3n) is 3.53. The Kier molecular flexibility index (Phi) is 6.79. The molecule has 2 aromatic rings. The average Bonchev–Trinajstić information content (AvgIpc) is 2.54. The van der Waals surface area contributed by atoms with Gasteiger partial charge in [-0.3, -0.25) is 0 Å². The first-order chi connectivity index (χ1) is 11.2. The highest BCUT2D eigenvalue weighted by atomic mass is 16.5. The monoisotopic (exact) mass is 313 g/mol. The van der Waals surface area contributed by atoms with Crippen LogP contribution in [0.4, 0.5) is 5.69 Å². The first-order valence-electron chi connectivity index (χ1n) is 8.36. The molecule has 0 aliphatic carbocycles. The maximum atomic E-state index is 5.82. The molecule has 0 unspecified atom stereocenters. The largest absolute Gasteiger partial charge is 0.494 e. The van der Waals surface area contributed by atoms with Gasteiger partial charge in [0.2, 0.25) is 0 Å². The molecule has 3 nitrogen and oxygen atoms in total. The lowest BCUT2D eigenvalue weighted by atomic mass is 10.1. The molecule has 0 aliphatic rings. The van der Waals surface area contributed by atoms with Crippen molar-refractivity contribution in [2.45, 2.75) is 33.7 Å². The van der Waals surface area contributed by atoms with Crippen molar-refractivity contribution < 1.29 is 9.47 Å². The molecule has 0 atom stereocenters. The van der Waals surface area contributed by atoms with Crippen LogP contribution in [0.25, 0.3) is 0 Å². The van der Waals surface area contributed by atoms with Crippen LogP contribution in [0.2, 0.25) is 0 Å². The van der Waals surface area contributed by atoms with Crippen LogP contribution < -0.4 is 14.8 Å². The number of benzene rings is 2. The first-order valence-corrected chi connectivity index (χ1v) is 8.36. The van der Waals surface area contributed by atoms with Crippen molar-refractivity contribution in [1.82, 2.24) is 0 Å². The minimum atomic E-state index is 0.662. The van der Waals surface area contributed by atoms with Gasteiger partial charge in [-0.15, -0.1) is 0 Å². The minimum Gasteiger partial charge on any atom is -0.494 e. The number of anilines is 1. The molecule has 0 amide bonds. The Labute approximate surface area is 139 Å². The first kappa shape index (κ1) is 17.2. The van der Waals surface area contributed by atoms with Gasteiger partial charge in [-0.25, -0.2) is 0 Å². The maximum absolute atomic E-state index is 5.82. The van der Waals surface area contributed by atoms with Gasteiger partial charge in [-0.2, -0.15) is 0 Å².